The highest BCUT2D eigenvalue weighted by Crippen LogP contribution is 2.37. The van der Waals surface area contributed by atoms with E-state index >= 15 is 0 Å². The van der Waals surface area contributed by atoms with Crippen molar-refractivity contribution in [3.05, 3.63) is 30.1 Å². The quantitative estimate of drug-likeness (QED) is 0.845. The Morgan fingerprint density at radius 2 is 2.20 bits per heavy atom. The third-order valence-corrected chi connectivity index (χ3v) is 7.45. The van der Waals surface area contributed by atoms with Gasteiger partial charge in [0, 0.05) is 50.4 Å². The molecule has 2 aliphatic heterocycles. The Kier molecular flexibility index (Phi) is 5.43. The van der Waals surface area contributed by atoms with Gasteiger partial charge < -0.3 is 10.2 Å². The lowest BCUT2D eigenvalue weighted by Gasteiger charge is -2.31. The average molecular weight is 365 g/mol. The van der Waals surface area contributed by atoms with Crippen molar-refractivity contribution in [1.82, 2.24) is 15.2 Å². The highest BCUT2D eigenvalue weighted by Gasteiger charge is 2.50. The fraction of sp³-hybridized carbons (Fsp3) is 0.667. The first-order valence-corrected chi connectivity index (χ1v) is 10.7. The van der Waals surface area contributed by atoms with Gasteiger partial charge >= 0.3 is 0 Å². The van der Waals surface area contributed by atoms with E-state index in [1.54, 1.807) is 12.4 Å². The summed E-state index contributed by atoms with van der Waals surface area (Å²) in [6, 6.07) is 3.76. The summed E-state index contributed by atoms with van der Waals surface area (Å²) in [6.07, 6.45) is 3.86. The van der Waals surface area contributed by atoms with Crippen molar-refractivity contribution >= 4 is 15.7 Å². The molecular formula is C18H27N3O3S. The van der Waals surface area contributed by atoms with Crippen LogP contribution in [-0.4, -0.2) is 54.8 Å². The first kappa shape index (κ1) is 18.3. The third-order valence-electron chi connectivity index (χ3n) is 5.23. The molecule has 0 bridgehead atoms. The van der Waals surface area contributed by atoms with E-state index in [0.717, 1.165) is 12.1 Å². The van der Waals surface area contributed by atoms with Crippen LogP contribution in [0.25, 0.3) is 0 Å². The van der Waals surface area contributed by atoms with Crippen LogP contribution in [-0.2, 0) is 21.2 Å². The Labute approximate surface area is 149 Å². The molecule has 0 aliphatic carbocycles. The number of carbonyl (C=O) groups is 1. The normalized spacial score (nSPS) is 28.7. The van der Waals surface area contributed by atoms with Gasteiger partial charge in [0.15, 0.2) is 9.84 Å². The number of fused-ring (bicyclic) bond motifs is 1. The summed E-state index contributed by atoms with van der Waals surface area (Å²) in [5.74, 6) is 0.268. The number of hydrogen-bond donors (Lipinski definition) is 1. The minimum Gasteiger partial charge on any atom is -0.352 e. The summed E-state index contributed by atoms with van der Waals surface area (Å²) in [5, 5.41) is 2.58. The molecule has 3 heterocycles. The molecule has 1 N–H and O–H groups in total. The van der Waals surface area contributed by atoms with Crippen molar-refractivity contribution in [2.24, 2.45) is 17.8 Å². The molecule has 1 aromatic rings. The van der Waals surface area contributed by atoms with E-state index in [1.807, 2.05) is 12.1 Å². The number of hydrogen-bond acceptors (Lipinski definition) is 5. The molecule has 1 aromatic heterocycles. The fourth-order valence-electron chi connectivity index (χ4n) is 4.12. The molecule has 0 unspecified atom stereocenters. The SMILES string of the molecule is CC(C)CN1C[C@H]2[C@@H](C1)S(=O)(=O)CC[C@H]2C(=O)NCc1cccnc1. The van der Waals surface area contributed by atoms with Crippen LogP contribution in [0.15, 0.2) is 24.5 Å². The topological polar surface area (TPSA) is 79.4 Å². The van der Waals surface area contributed by atoms with Crippen molar-refractivity contribution in [1.29, 1.82) is 0 Å². The number of amides is 1. The summed E-state index contributed by atoms with van der Waals surface area (Å²) in [6.45, 7) is 6.85. The minimum atomic E-state index is -3.09. The van der Waals surface area contributed by atoms with Crippen molar-refractivity contribution in [2.45, 2.75) is 32.1 Å². The molecule has 3 atom stereocenters. The number of nitrogens with one attached hydrogen (secondary N) is 1. The molecule has 7 heteroatoms. The molecule has 0 spiro atoms. The van der Waals surface area contributed by atoms with Crippen molar-refractivity contribution in [2.75, 3.05) is 25.4 Å². The first-order valence-electron chi connectivity index (χ1n) is 8.97. The maximum absolute atomic E-state index is 12.7. The molecule has 0 radical (unpaired) electrons. The van der Waals surface area contributed by atoms with E-state index in [9.17, 15) is 13.2 Å². The van der Waals surface area contributed by atoms with Gasteiger partial charge in [-0.05, 0) is 24.0 Å². The predicted octanol–water partition coefficient (Wildman–Crippen LogP) is 1.09. The largest absolute Gasteiger partial charge is 0.352 e. The summed E-state index contributed by atoms with van der Waals surface area (Å²) in [7, 11) is -3.09. The van der Waals surface area contributed by atoms with Gasteiger partial charge in [-0.2, -0.15) is 0 Å². The van der Waals surface area contributed by atoms with Crippen LogP contribution < -0.4 is 5.32 Å². The van der Waals surface area contributed by atoms with E-state index < -0.39 is 15.1 Å². The number of sulfone groups is 1. The molecule has 0 aromatic carbocycles. The smallest absolute Gasteiger partial charge is 0.223 e. The second-order valence-electron chi connectivity index (χ2n) is 7.66. The zero-order chi connectivity index (χ0) is 18.0. The Balaban J connectivity index is 1.68. The molecular weight excluding hydrogens is 338 g/mol. The molecule has 0 saturated carbocycles. The standard InChI is InChI=1S/C18H27N3O3S/c1-13(2)10-21-11-16-15(5-7-25(23,24)17(16)12-21)18(22)20-9-14-4-3-6-19-8-14/h3-4,6,8,13,15-17H,5,7,9-12H2,1-2H3,(H,20,22)/t15-,16-,17-/m1/s1. The van der Waals surface area contributed by atoms with Gasteiger partial charge in [0.05, 0.1) is 11.0 Å². The van der Waals surface area contributed by atoms with E-state index in [4.69, 9.17) is 0 Å². The molecule has 3 rings (SSSR count). The van der Waals surface area contributed by atoms with Crippen LogP contribution in [0.1, 0.15) is 25.8 Å². The van der Waals surface area contributed by atoms with Crippen LogP contribution in [0.4, 0.5) is 0 Å². The first-order chi connectivity index (χ1) is 11.9. The van der Waals surface area contributed by atoms with Gasteiger partial charge in [0.25, 0.3) is 0 Å². The Morgan fingerprint density at radius 1 is 1.40 bits per heavy atom. The van der Waals surface area contributed by atoms with E-state index in [1.165, 1.54) is 0 Å². The van der Waals surface area contributed by atoms with Gasteiger partial charge in [-0.15, -0.1) is 0 Å². The molecule has 1 amide bonds. The number of rotatable bonds is 5. The highest BCUT2D eigenvalue weighted by molar-refractivity contribution is 7.92. The lowest BCUT2D eigenvalue weighted by molar-refractivity contribution is -0.126. The Hall–Kier alpha value is -1.47. The van der Waals surface area contributed by atoms with Gasteiger partial charge in [-0.1, -0.05) is 19.9 Å². The number of aromatic nitrogens is 1. The van der Waals surface area contributed by atoms with E-state index in [0.29, 0.717) is 32.0 Å². The monoisotopic (exact) mass is 365 g/mol. The van der Waals surface area contributed by atoms with Crippen molar-refractivity contribution in [3.63, 3.8) is 0 Å². The maximum atomic E-state index is 12.7. The average Bonchev–Trinajstić information content (AvgIpc) is 2.98. The van der Waals surface area contributed by atoms with Crippen LogP contribution in [0, 0.1) is 17.8 Å². The Bertz CT molecular complexity index is 706. The van der Waals surface area contributed by atoms with Crippen LogP contribution in [0.3, 0.4) is 0 Å². The zero-order valence-electron chi connectivity index (χ0n) is 14.9. The van der Waals surface area contributed by atoms with Crippen molar-refractivity contribution < 1.29 is 13.2 Å². The van der Waals surface area contributed by atoms with Gasteiger partial charge in [0.1, 0.15) is 0 Å². The third kappa shape index (κ3) is 4.20. The highest BCUT2D eigenvalue weighted by atomic mass is 32.2. The summed E-state index contributed by atoms with van der Waals surface area (Å²) in [4.78, 5) is 19.0. The Morgan fingerprint density at radius 3 is 2.88 bits per heavy atom. The number of pyridine rings is 1. The zero-order valence-corrected chi connectivity index (χ0v) is 15.7. The summed E-state index contributed by atoms with van der Waals surface area (Å²) in [5.41, 5.74) is 0.948. The molecule has 2 saturated heterocycles. The number of carbonyl (C=O) groups excluding carboxylic acids is 1. The number of nitrogens with zero attached hydrogens (tertiary/aromatic N) is 2. The second kappa shape index (κ2) is 7.41. The van der Waals surface area contributed by atoms with Crippen LogP contribution in [0.5, 0.6) is 0 Å². The van der Waals surface area contributed by atoms with Gasteiger partial charge in [0.2, 0.25) is 5.91 Å². The molecule has 25 heavy (non-hydrogen) atoms. The summed E-state index contributed by atoms with van der Waals surface area (Å²) >= 11 is 0. The lowest BCUT2D eigenvalue weighted by atomic mass is 9.87. The summed E-state index contributed by atoms with van der Waals surface area (Å²) < 4.78 is 25.0. The number of likely N-dealkylation sites (tertiary alicyclic amines) is 1. The van der Waals surface area contributed by atoms with Gasteiger partial charge in [-0.3, -0.25) is 9.78 Å². The van der Waals surface area contributed by atoms with Crippen LogP contribution in [0.2, 0.25) is 0 Å². The lowest BCUT2D eigenvalue weighted by Crippen LogP contribution is -2.47. The minimum absolute atomic E-state index is 0.0276. The van der Waals surface area contributed by atoms with Crippen LogP contribution >= 0.6 is 0 Å². The molecule has 138 valence electrons. The van der Waals surface area contributed by atoms with Gasteiger partial charge in [-0.25, -0.2) is 8.42 Å². The molecule has 2 aliphatic rings. The van der Waals surface area contributed by atoms with Crippen molar-refractivity contribution in [3.8, 4) is 0 Å². The second-order valence-corrected chi connectivity index (χ2v) is 10.00. The van der Waals surface area contributed by atoms with E-state index in [2.05, 4.69) is 29.0 Å². The molecule has 6 nitrogen and oxygen atoms in total. The molecule has 2 fully saturated rings. The maximum Gasteiger partial charge on any atom is 0.223 e. The fourth-order valence-corrected chi connectivity index (χ4v) is 6.25. The van der Waals surface area contributed by atoms with E-state index in [-0.39, 0.29) is 23.5 Å². The predicted molar refractivity (Wildman–Crippen MR) is 96.5 cm³/mol.